The number of hydrogen-bond donors (Lipinski definition) is 5. The number of esters is 1. The van der Waals surface area contributed by atoms with Crippen LogP contribution in [0.3, 0.4) is 0 Å². The van der Waals surface area contributed by atoms with Gasteiger partial charge in [0.05, 0.1) is 19.2 Å². The van der Waals surface area contributed by atoms with Crippen LogP contribution in [0.1, 0.15) is 145 Å². The number of nitrogens with one attached hydrogen (secondary N) is 5. The van der Waals surface area contributed by atoms with Crippen LogP contribution in [-0.4, -0.2) is 127 Å². The van der Waals surface area contributed by atoms with E-state index in [4.69, 9.17) is 18.9 Å². The summed E-state index contributed by atoms with van der Waals surface area (Å²) in [7, 11) is 1.31. The predicted molar refractivity (Wildman–Crippen MR) is 287 cm³/mol. The van der Waals surface area contributed by atoms with Gasteiger partial charge in [0.25, 0.3) is 0 Å². The maximum Gasteiger partial charge on any atom is 0.408 e. The van der Waals surface area contributed by atoms with E-state index in [9.17, 15) is 38.4 Å². The normalized spacial score (nSPS) is 15.3. The van der Waals surface area contributed by atoms with Crippen molar-refractivity contribution in [3.05, 3.63) is 71.8 Å². The number of Topliss-reactive ketones (excluding diaryl/α,β-unsaturated/α-hetero) is 2. The van der Waals surface area contributed by atoms with Crippen LogP contribution in [0.25, 0.3) is 0 Å². The van der Waals surface area contributed by atoms with Crippen molar-refractivity contribution < 1.29 is 57.3 Å². The second-order valence-corrected chi connectivity index (χ2v) is 23.0. The molecule has 4 atom stereocenters. The smallest absolute Gasteiger partial charge is 0.408 e. The number of carbonyl (C=O) groups is 8. The predicted octanol–water partition coefficient (Wildman–Crippen LogP) is 7.78. The van der Waals surface area contributed by atoms with Gasteiger partial charge >= 0.3 is 24.2 Å². The van der Waals surface area contributed by atoms with Gasteiger partial charge in [-0.1, -0.05) is 80.9 Å². The Morgan fingerprint density at radius 2 is 1.07 bits per heavy atom. The van der Waals surface area contributed by atoms with Gasteiger partial charge in [-0.05, 0) is 137 Å². The number of ketones is 2. The third-order valence-electron chi connectivity index (χ3n) is 12.4. The van der Waals surface area contributed by atoms with Crippen LogP contribution >= 0.6 is 0 Å². The summed E-state index contributed by atoms with van der Waals surface area (Å²) in [6, 6.07) is 16.5. The van der Waals surface area contributed by atoms with E-state index >= 15 is 0 Å². The Morgan fingerprint density at radius 3 is 1.57 bits per heavy atom. The molecule has 5 N–H and O–H groups in total. The van der Waals surface area contributed by atoms with Crippen molar-refractivity contribution in [3.63, 3.8) is 0 Å². The molecule has 0 saturated carbocycles. The molecule has 1 aliphatic rings. The average Bonchev–Trinajstić information content (AvgIpc) is 3.31. The second kappa shape index (κ2) is 29.9. The molecule has 2 aromatic carbocycles. The van der Waals surface area contributed by atoms with Gasteiger partial charge in [-0.3, -0.25) is 24.0 Å². The van der Waals surface area contributed by atoms with Crippen molar-refractivity contribution in [1.29, 1.82) is 0 Å². The van der Waals surface area contributed by atoms with Crippen molar-refractivity contribution in [3.8, 4) is 0 Å². The van der Waals surface area contributed by atoms with Gasteiger partial charge in [0.15, 0.2) is 11.6 Å². The molecule has 0 unspecified atom stereocenters. The van der Waals surface area contributed by atoms with E-state index in [2.05, 4.69) is 26.6 Å². The molecule has 2 aromatic rings. The lowest BCUT2D eigenvalue weighted by Gasteiger charge is -2.41. The summed E-state index contributed by atoms with van der Waals surface area (Å²) in [6.07, 6.45) is 0.490. The largest absolute Gasteiger partial charge is 0.468 e. The van der Waals surface area contributed by atoms with Crippen LogP contribution in [-0.2, 0) is 55.8 Å². The average molecular weight is 1050 g/mol. The van der Waals surface area contributed by atoms with E-state index in [0.717, 1.165) is 11.1 Å². The monoisotopic (exact) mass is 1050 g/mol. The van der Waals surface area contributed by atoms with Crippen molar-refractivity contribution in [2.75, 3.05) is 39.8 Å². The summed E-state index contributed by atoms with van der Waals surface area (Å²) < 4.78 is 21.4. The maximum atomic E-state index is 14.7. The molecule has 3 rings (SSSR count). The Hall–Kier alpha value is -6.04. The molecule has 5 amide bonds. The van der Waals surface area contributed by atoms with E-state index in [1.54, 1.807) is 67.2 Å². The highest BCUT2D eigenvalue weighted by atomic mass is 16.6. The first-order chi connectivity index (χ1) is 35.1. The molecule has 1 heterocycles. The van der Waals surface area contributed by atoms with E-state index in [1.807, 2.05) is 74.5 Å². The first-order valence-corrected chi connectivity index (χ1v) is 26.6. The van der Waals surface area contributed by atoms with Gasteiger partial charge in [0.1, 0.15) is 22.3 Å². The van der Waals surface area contributed by atoms with E-state index < -0.39 is 76.4 Å². The molecule has 0 spiro atoms. The quantitative estimate of drug-likeness (QED) is 0.0327. The lowest BCUT2D eigenvalue weighted by molar-refractivity contribution is -0.153. The highest BCUT2D eigenvalue weighted by Gasteiger charge is 2.44. The fraction of sp³-hybridized carbons (Fsp3) is 0.649. The molecule has 0 radical (unpaired) electrons. The number of methoxy groups -OCH3 is 1. The van der Waals surface area contributed by atoms with Gasteiger partial charge in [-0.15, -0.1) is 0 Å². The fourth-order valence-corrected chi connectivity index (χ4v) is 8.77. The number of alkyl carbamates (subject to hydrolysis) is 3. The molecule has 0 aromatic heterocycles. The van der Waals surface area contributed by atoms with E-state index in [-0.39, 0.29) is 88.0 Å². The summed E-state index contributed by atoms with van der Waals surface area (Å²) in [5.74, 6) is -3.77. The molecule has 18 nitrogen and oxygen atoms in total. The summed E-state index contributed by atoms with van der Waals surface area (Å²) in [4.78, 5) is 111. The van der Waals surface area contributed by atoms with Crippen LogP contribution in [0.2, 0.25) is 0 Å². The number of likely N-dealkylation sites (tertiary alicyclic amines) is 1. The van der Waals surface area contributed by atoms with Crippen LogP contribution in [0.15, 0.2) is 60.7 Å². The molecular weight excluding hydrogens is 961 g/mol. The molecular formula is C57H88N6O12. The minimum Gasteiger partial charge on any atom is -0.468 e. The van der Waals surface area contributed by atoms with Gasteiger partial charge in [0, 0.05) is 50.9 Å². The minimum atomic E-state index is -1.09. The van der Waals surface area contributed by atoms with Gasteiger partial charge in [-0.2, -0.15) is 0 Å². The van der Waals surface area contributed by atoms with E-state index in [0.29, 0.717) is 38.8 Å². The number of piperidine rings is 1. The SMILES string of the molecule is COC(=O)C1(NCCCNC(=O)OC(C)(C)C)CCN(C(=O)[C@@H](CCCCNC(=O)OC(C)(C)C)CC(=O)[C@@H](CC(C)C)NC(=O)[C@H](CC(=O)[C@@H](Cc2ccccc2)NC(=O)OC(C)(C)C)Cc2ccccc2)CC1. The lowest BCUT2D eigenvalue weighted by Crippen LogP contribution is -2.60. The molecule has 75 heavy (non-hydrogen) atoms. The van der Waals surface area contributed by atoms with E-state index in [1.165, 1.54) is 7.11 Å². The number of unbranched alkanes of at least 4 members (excludes halogenated alkanes) is 1. The van der Waals surface area contributed by atoms with Crippen molar-refractivity contribution >= 4 is 47.6 Å². The summed E-state index contributed by atoms with van der Waals surface area (Å²) in [6.45, 7) is 21.0. The van der Waals surface area contributed by atoms with Gasteiger partial charge in [-0.25, -0.2) is 14.4 Å². The Balaban J connectivity index is 1.87. The summed E-state index contributed by atoms with van der Waals surface area (Å²) in [5.41, 5.74) is -1.64. The Labute approximate surface area is 445 Å². The number of benzene rings is 2. The Kier molecular flexibility index (Phi) is 25.2. The molecule has 1 aliphatic heterocycles. The summed E-state index contributed by atoms with van der Waals surface area (Å²) in [5, 5.41) is 14.6. The van der Waals surface area contributed by atoms with Crippen LogP contribution < -0.4 is 26.6 Å². The molecule has 0 bridgehead atoms. The highest BCUT2D eigenvalue weighted by molar-refractivity contribution is 5.95. The molecule has 0 aliphatic carbocycles. The number of carbonyl (C=O) groups excluding carboxylic acids is 8. The minimum absolute atomic E-state index is 0.0519. The number of nitrogens with zero attached hydrogens (tertiary/aromatic N) is 1. The first-order valence-electron chi connectivity index (χ1n) is 26.6. The second-order valence-electron chi connectivity index (χ2n) is 23.0. The number of rotatable bonds is 27. The van der Waals surface area contributed by atoms with Crippen molar-refractivity contribution in [1.82, 2.24) is 31.5 Å². The van der Waals surface area contributed by atoms with Crippen LogP contribution in [0, 0.1) is 17.8 Å². The third-order valence-corrected chi connectivity index (χ3v) is 12.4. The van der Waals surface area contributed by atoms with Crippen molar-refractivity contribution in [2.24, 2.45) is 17.8 Å². The van der Waals surface area contributed by atoms with Crippen LogP contribution in [0.4, 0.5) is 14.4 Å². The molecule has 18 heteroatoms. The topological polar surface area (TPSA) is 237 Å². The fourth-order valence-electron chi connectivity index (χ4n) is 8.77. The zero-order chi connectivity index (χ0) is 56.0. The Bertz CT molecular complexity index is 2160. The first kappa shape index (κ1) is 63.3. The van der Waals surface area contributed by atoms with Crippen LogP contribution in [0.5, 0.6) is 0 Å². The molecule has 1 saturated heterocycles. The standard InChI is InChI=1S/C57H88N6O12/c1-39(2)34-44(61-48(66)43(35-40-22-15-13-16-23-40)38-47(65)45(36-41-24-17-14-18-25-41)62-53(71)75-56(9,10)11)46(64)37-42(26-19-20-29-58-51(69)73-54(3,4)5)49(67)63-32-27-57(28-33-63,50(68)72-12)60-31-21-30-59-52(70)74-55(6,7)8/h13-18,22-25,39,42-45,60H,19-21,26-38H2,1-12H3,(H,58,69)(H,59,70)(H,61,66)(H,62,71)/t42-,43-,44+,45+/m0/s1. The van der Waals surface area contributed by atoms with Gasteiger partial charge in [0.2, 0.25) is 11.8 Å². The highest BCUT2D eigenvalue weighted by Crippen LogP contribution is 2.28. The zero-order valence-electron chi connectivity index (χ0n) is 46.8. The number of hydrogen-bond acceptors (Lipinski definition) is 13. The molecule has 418 valence electrons. The number of amides is 5. The number of ether oxygens (including phenoxy) is 4. The lowest BCUT2D eigenvalue weighted by atomic mass is 9.85. The maximum absolute atomic E-state index is 14.7. The Morgan fingerprint density at radius 1 is 0.587 bits per heavy atom. The summed E-state index contributed by atoms with van der Waals surface area (Å²) >= 11 is 0. The zero-order valence-corrected chi connectivity index (χ0v) is 46.8. The van der Waals surface area contributed by atoms with Gasteiger partial charge < -0.3 is 50.4 Å². The van der Waals surface area contributed by atoms with Crippen molar-refractivity contribution in [2.45, 2.75) is 181 Å². The third kappa shape index (κ3) is 24.5. The molecule has 1 fully saturated rings.